The maximum absolute atomic E-state index is 12.3. The van der Waals surface area contributed by atoms with Crippen LogP contribution in [0.25, 0.3) is 33.4 Å². The van der Waals surface area contributed by atoms with Crippen molar-refractivity contribution in [2.45, 2.75) is 37.5 Å². The van der Waals surface area contributed by atoms with Gasteiger partial charge < -0.3 is 14.3 Å². The van der Waals surface area contributed by atoms with E-state index < -0.39 is 30.0 Å². The van der Waals surface area contributed by atoms with E-state index >= 15 is 0 Å². The van der Waals surface area contributed by atoms with E-state index in [9.17, 15) is 25.9 Å². The van der Waals surface area contributed by atoms with Gasteiger partial charge in [-0.2, -0.15) is 8.42 Å². The third kappa shape index (κ3) is 5.78. The molecule has 1 aliphatic carbocycles. The number of benzene rings is 3. The molecule has 0 saturated heterocycles. The van der Waals surface area contributed by atoms with Crippen LogP contribution in [0.4, 0.5) is 5.69 Å². The number of nitrogens with one attached hydrogen (secondary N) is 2. The van der Waals surface area contributed by atoms with E-state index in [0.717, 1.165) is 28.2 Å². The van der Waals surface area contributed by atoms with Crippen LogP contribution in [0.5, 0.6) is 0 Å². The van der Waals surface area contributed by atoms with E-state index in [2.05, 4.69) is 10.3 Å². The van der Waals surface area contributed by atoms with Crippen molar-refractivity contribution in [3.8, 4) is 22.5 Å². The fourth-order valence-electron chi connectivity index (χ4n) is 4.33. The summed E-state index contributed by atoms with van der Waals surface area (Å²) in [6.45, 7) is 9.04. The van der Waals surface area contributed by atoms with Crippen LogP contribution in [0.1, 0.15) is 25.0 Å². The molecule has 2 aromatic carbocycles. The Kier molecular flexibility index (Phi) is 8.60. The quantitative estimate of drug-likeness (QED) is 0.163. The second-order valence-electron chi connectivity index (χ2n) is 8.45. The Morgan fingerprint density at radius 1 is 0.973 bits per heavy atom. The Balaban J connectivity index is 0.00000380. The topological polar surface area (TPSA) is 151 Å². The molecule has 190 valence electrons. The first-order valence-corrected chi connectivity index (χ1v) is 14.1. The van der Waals surface area contributed by atoms with Crippen LogP contribution >= 0.6 is 0 Å². The maximum Gasteiger partial charge on any atom is 1.00 e. The minimum absolute atomic E-state index is 0. The van der Waals surface area contributed by atoms with Gasteiger partial charge in [-0.3, -0.25) is 4.55 Å². The summed E-state index contributed by atoms with van der Waals surface area (Å²) in [6.07, 6.45) is 0. The third-order valence-corrected chi connectivity index (χ3v) is 7.66. The number of aryl methyl sites for hydroxylation is 2. The van der Waals surface area contributed by atoms with E-state index in [1.54, 1.807) is 0 Å². The molecule has 0 unspecified atom stereocenters. The molecule has 0 amide bonds. The molecular formula is C25H26N2NaO7S2+. The molecule has 0 spiro atoms. The summed E-state index contributed by atoms with van der Waals surface area (Å²) in [7, 11) is -9.88. The predicted molar refractivity (Wildman–Crippen MR) is 134 cm³/mol. The first-order valence-electron chi connectivity index (χ1n) is 11.3. The molecule has 4 rings (SSSR count). The van der Waals surface area contributed by atoms with Gasteiger partial charge in [0.1, 0.15) is 28.0 Å². The molecule has 0 fully saturated rings. The number of rotatable bonds is 6. The van der Waals surface area contributed by atoms with Crippen molar-refractivity contribution >= 4 is 36.9 Å². The molecule has 3 N–H and O–H groups in total. The molecule has 0 bridgehead atoms. The zero-order valence-electron chi connectivity index (χ0n) is 21.2. The zero-order chi connectivity index (χ0) is 26.4. The van der Waals surface area contributed by atoms with Gasteiger partial charge in [0.25, 0.3) is 10.1 Å². The SMILES string of the molecule is CCNc1cc2oc3cc(=[NH+]CC)c(C)cc-3c(-c3ccc(S(=O)(=O)O)cc3S(=O)(=O)[O-])c2cc1C.[Na+]. The fraction of sp³-hybridized carbons (Fsp3) is 0.240. The molecule has 2 aliphatic rings. The first-order chi connectivity index (χ1) is 16.8. The minimum Gasteiger partial charge on any atom is -0.744 e. The van der Waals surface area contributed by atoms with Crippen molar-refractivity contribution in [2.75, 3.05) is 18.4 Å². The van der Waals surface area contributed by atoms with Crippen molar-refractivity contribution in [1.29, 1.82) is 0 Å². The van der Waals surface area contributed by atoms with Crippen LogP contribution in [-0.4, -0.2) is 39.0 Å². The molecular weight excluding hydrogens is 527 g/mol. The van der Waals surface area contributed by atoms with Crippen LogP contribution in [0.15, 0.2) is 56.7 Å². The van der Waals surface area contributed by atoms with E-state index in [-0.39, 0.29) is 35.1 Å². The average Bonchev–Trinajstić information content (AvgIpc) is 2.78. The van der Waals surface area contributed by atoms with Crippen molar-refractivity contribution in [3.63, 3.8) is 0 Å². The summed E-state index contributed by atoms with van der Waals surface area (Å²) in [5.74, 6) is 0.443. The Morgan fingerprint density at radius 3 is 2.27 bits per heavy atom. The van der Waals surface area contributed by atoms with Crippen LogP contribution in [0, 0.1) is 13.8 Å². The molecule has 12 heteroatoms. The third-order valence-electron chi connectivity index (χ3n) is 5.94. The molecule has 1 aliphatic heterocycles. The number of anilines is 1. The van der Waals surface area contributed by atoms with E-state index in [0.29, 0.717) is 47.0 Å². The number of fused-ring (bicyclic) bond motifs is 2. The van der Waals surface area contributed by atoms with Crippen LogP contribution in [-0.2, 0) is 20.2 Å². The fourth-order valence-corrected chi connectivity index (χ4v) is 5.62. The Morgan fingerprint density at radius 2 is 1.68 bits per heavy atom. The van der Waals surface area contributed by atoms with Gasteiger partial charge in [-0.15, -0.1) is 0 Å². The zero-order valence-corrected chi connectivity index (χ0v) is 24.8. The van der Waals surface area contributed by atoms with Gasteiger partial charge in [-0.25, -0.2) is 13.4 Å². The summed E-state index contributed by atoms with van der Waals surface area (Å²) >= 11 is 0. The number of hydrogen-bond acceptors (Lipinski definition) is 7. The van der Waals surface area contributed by atoms with E-state index in [4.69, 9.17) is 4.42 Å². The summed E-state index contributed by atoms with van der Waals surface area (Å²) in [4.78, 5) is 1.82. The molecule has 0 radical (unpaired) electrons. The van der Waals surface area contributed by atoms with Gasteiger partial charge in [0.05, 0.1) is 15.9 Å². The van der Waals surface area contributed by atoms with Gasteiger partial charge in [-0.05, 0) is 57.5 Å². The van der Waals surface area contributed by atoms with Crippen molar-refractivity contribution in [2.24, 2.45) is 0 Å². The van der Waals surface area contributed by atoms with Crippen LogP contribution in [0.2, 0.25) is 0 Å². The van der Waals surface area contributed by atoms with Gasteiger partial charge in [0.15, 0.2) is 0 Å². The van der Waals surface area contributed by atoms with E-state index in [1.807, 2.05) is 52.0 Å². The average molecular weight is 554 g/mol. The van der Waals surface area contributed by atoms with Crippen LogP contribution < -0.4 is 45.2 Å². The second kappa shape index (κ2) is 10.9. The van der Waals surface area contributed by atoms with Gasteiger partial charge in [0.2, 0.25) is 5.36 Å². The summed E-state index contributed by atoms with van der Waals surface area (Å²) in [6, 6.07) is 10.3. The number of hydrogen-bond donors (Lipinski definition) is 3. The van der Waals surface area contributed by atoms with Gasteiger partial charge >= 0.3 is 29.6 Å². The molecule has 0 aromatic heterocycles. The second-order valence-corrected chi connectivity index (χ2v) is 11.2. The van der Waals surface area contributed by atoms with Gasteiger partial charge in [-0.1, -0.05) is 6.07 Å². The predicted octanol–water partition coefficient (Wildman–Crippen LogP) is -0.591. The van der Waals surface area contributed by atoms with Crippen molar-refractivity contribution < 1.29 is 64.9 Å². The molecule has 37 heavy (non-hydrogen) atoms. The first kappa shape index (κ1) is 29.3. The largest absolute Gasteiger partial charge is 1.00 e. The summed E-state index contributed by atoms with van der Waals surface area (Å²) < 4.78 is 76.1. The Hall–Kier alpha value is -2.25. The Labute approximate surface area is 237 Å². The smallest absolute Gasteiger partial charge is 0.744 e. The minimum atomic E-state index is -5.14. The molecule has 9 nitrogen and oxygen atoms in total. The van der Waals surface area contributed by atoms with Crippen molar-refractivity contribution in [1.82, 2.24) is 0 Å². The molecule has 0 atom stereocenters. The standard InChI is InChI=1S/C25H26N2O7S2.Na/c1-5-26-20-12-22-18(9-14(20)3)25(19-10-15(4)21(27-6-2)13-23(19)34-22)17-8-7-16(35(28,29)30)11-24(17)36(31,32)33;/h7-13,26H,5-6H2,1-4H3,(H,28,29,30)(H,31,32,33);/q;+1. The molecule has 2 aromatic rings. The molecule has 1 heterocycles. The summed E-state index contributed by atoms with van der Waals surface area (Å²) in [5.41, 5.74) is 3.95. The molecule has 0 saturated carbocycles. The van der Waals surface area contributed by atoms with Gasteiger partial charge in [0, 0.05) is 45.9 Å². The van der Waals surface area contributed by atoms with Crippen LogP contribution in [0.3, 0.4) is 0 Å². The monoisotopic (exact) mass is 553 g/mol. The Bertz CT molecular complexity index is 1760. The normalized spacial score (nSPS) is 12.6. The maximum atomic E-state index is 12.3. The van der Waals surface area contributed by atoms with Crippen molar-refractivity contribution in [3.05, 3.63) is 58.9 Å². The summed E-state index contributed by atoms with van der Waals surface area (Å²) in [5, 5.41) is 4.64. The van der Waals surface area contributed by atoms with E-state index in [1.165, 1.54) is 6.07 Å².